The van der Waals surface area contributed by atoms with Crippen LogP contribution in [0.1, 0.15) is 44.6 Å². The molecule has 0 aliphatic heterocycles. The summed E-state index contributed by atoms with van der Waals surface area (Å²) >= 11 is 5.74. The van der Waals surface area contributed by atoms with Crippen molar-refractivity contribution >= 4 is 51.5 Å². The lowest BCUT2D eigenvalue weighted by atomic mass is 9.95. The number of nitrogens with one attached hydrogen (secondary N) is 2. The molecule has 1 saturated carbocycles. The van der Waals surface area contributed by atoms with Crippen LogP contribution >= 0.6 is 11.6 Å². The van der Waals surface area contributed by atoms with E-state index in [4.69, 9.17) is 11.6 Å². The Labute approximate surface area is 230 Å². The van der Waals surface area contributed by atoms with Gasteiger partial charge in [-0.1, -0.05) is 30.9 Å². The Morgan fingerprint density at radius 2 is 1.69 bits per heavy atom. The SMILES string of the molecule is C[C@@H](C(=O)NC1CCCCC1)N(C(=O)C[S@@](=O)CC(=O)Nc1ccc(F)cc1)c1ccc(Cl)c(C(F)(F)F)c1. The van der Waals surface area contributed by atoms with Gasteiger partial charge in [0.05, 0.1) is 10.6 Å². The summed E-state index contributed by atoms with van der Waals surface area (Å²) < 4.78 is 66.3. The Morgan fingerprint density at radius 3 is 2.31 bits per heavy atom. The van der Waals surface area contributed by atoms with E-state index in [0.717, 1.165) is 55.2 Å². The first-order chi connectivity index (χ1) is 18.3. The van der Waals surface area contributed by atoms with Gasteiger partial charge in [0.25, 0.3) is 0 Å². The topological polar surface area (TPSA) is 95.6 Å². The molecule has 0 spiro atoms. The Bertz CT molecular complexity index is 1220. The molecular weight excluding hydrogens is 562 g/mol. The first kappa shape index (κ1) is 30.6. The van der Waals surface area contributed by atoms with Gasteiger partial charge >= 0.3 is 6.18 Å². The summed E-state index contributed by atoms with van der Waals surface area (Å²) in [7, 11) is -2.07. The first-order valence-corrected chi connectivity index (χ1v) is 14.1. The maximum absolute atomic E-state index is 13.5. The zero-order valence-electron chi connectivity index (χ0n) is 21.0. The molecule has 1 aliphatic carbocycles. The van der Waals surface area contributed by atoms with Crippen LogP contribution in [0.15, 0.2) is 42.5 Å². The fourth-order valence-corrected chi connectivity index (χ4v) is 5.39. The molecule has 2 atom stereocenters. The predicted molar refractivity (Wildman–Crippen MR) is 141 cm³/mol. The third-order valence-electron chi connectivity index (χ3n) is 6.23. The molecule has 212 valence electrons. The van der Waals surface area contributed by atoms with E-state index < -0.39 is 68.6 Å². The number of hydrogen-bond acceptors (Lipinski definition) is 4. The number of amides is 3. The van der Waals surface area contributed by atoms with E-state index in [1.165, 1.54) is 25.1 Å². The highest BCUT2D eigenvalue weighted by molar-refractivity contribution is 7.86. The molecule has 0 unspecified atom stereocenters. The van der Waals surface area contributed by atoms with Crippen LogP contribution < -0.4 is 15.5 Å². The monoisotopic (exact) mass is 589 g/mol. The molecule has 13 heteroatoms. The van der Waals surface area contributed by atoms with Crippen molar-refractivity contribution in [2.24, 2.45) is 0 Å². The van der Waals surface area contributed by atoms with Crippen LogP contribution in [0.3, 0.4) is 0 Å². The zero-order valence-corrected chi connectivity index (χ0v) is 22.6. The van der Waals surface area contributed by atoms with Gasteiger partial charge in [-0.2, -0.15) is 13.2 Å². The van der Waals surface area contributed by atoms with Crippen molar-refractivity contribution in [1.82, 2.24) is 5.32 Å². The molecule has 2 N–H and O–H groups in total. The second kappa shape index (κ2) is 13.4. The largest absolute Gasteiger partial charge is 0.417 e. The molecule has 1 fully saturated rings. The van der Waals surface area contributed by atoms with Crippen LogP contribution in [0, 0.1) is 5.82 Å². The molecule has 2 aromatic rings. The molecule has 0 heterocycles. The van der Waals surface area contributed by atoms with Gasteiger partial charge in [0.15, 0.2) is 0 Å². The van der Waals surface area contributed by atoms with Crippen LogP contribution in [0.4, 0.5) is 28.9 Å². The van der Waals surface area contributed by atoms with E-state index in [0.29, 0.717) is 6.07 Å². The zero-order chi connectivity index (χ0) is 28.7. The Morgan fingerprint density at radius 1 is 1.05 bits per heavy atom. The molecule has 7 nitrogen and oxygen atoms in total. The van der Waals surface area contributed by atoms with Crippen molar-refractivity contribution in [1.29, 1.82) is 0 Å². The Balaban J connectivity index is 1.79. The number of rotatable bonds is 9. The minimum Gasteiger partial charge on any atom is -0.352 e. The number of carbonyl (C=O) groups is 3. The van der Waals surface area contributed by atoms with E-state index >= 15 is 0 Å². The summed E-state index contributed by atoms with van der Waals surface area (Å²) in [5, 5.41) is 4.69. The summed E-state index contributed by atoms with van der Waals surface area (Å²) in [6.45, 7) is 1.36. The number of carbonyl (C=O) groups excluding carboxylic acids is 3. The van der Waals surface area contributed by atoms with Gasteiger partial charge in [-0.15, -0.1) is 0 Å². The van der Waals surface area contributed by atoms with Gasteiger partial charge in [-0.05, 0) is 62.2 Å². The van der Waals surface area contributed by atoms with Gasteiger partial charge in [0.2, 0.25) is 17.7 Å². The van der Waals surface area contributed by atoms with Gasteiger partial charge in [-0.25, -0.2) is 4.39 Å². The normalized spacial score (nSPS) is 15.7. The van der Waals surface area contributed by atoms with E-state index in [2.05, 4.69) is 10.6 Å². The molecule has 1 aliphatic rings. The highest BCUT2D eigenvalue weighted by atomic mass is 35.5. The maximum atomic E-state index is 13.5. The van der Waals surface area contributed by atoms with E-state index in [-0.39, 0.29) is 17.4 Å². The van der Waals surface area contributed by atoms with Gasteiger partial charge in [0, 0.05) is 28.2 Å². The molecule has 0 saturated heterocycles. The third kappa shape index (κ3) is 8.76. The highest BCUT2D eigenvalue weighted by Crippen LogP contribution is 2.37. The van der Waals surface area contributed by atoms with Crippen molar-refractivity contribution in [2.75, 3.05) is 21.7 Å². The highest BCUT2D eigenvalue weighted by Gasteiger charge is 2.36. The van der Waals surface area contributed by atoms with Crippen molar-refractivity contribution < 1.29 is 36.2 Å². The summed E-state index contributed by atoms with van der Waals surface area (Å²) in [4.78, 5) is 39.4. The number of halogens is 5. The lowest BCUT2D eigenvalue weighted by molar-refractivity contribution is -0.137. The van der Waals surface area contributed by atoms with Crippen molar-refractivity contribution in [2.45, 2.75) is 57.3 Å². The number of alkyl halides is 3. The van der Waals surface area contributed by atoms with Gasteiger partial charge in [-0.3, -0.25) is 23.5 Å². The van der Waals surface area contributed by atoms with E-state index in [1.807, 2.05) is 0 Å². The lowest BCUT2D eigenvalue weighted by Gasteiger charge is -2.31. The molecule has 3 amide bonds. The average Bonchev–Trinajstić information content (AvgIpc) is 2.86. The summed E-state index contributed by atoms with van der Waals surface area (Å²) in [6, 6.07) is 6.28. The fraction of sp³-hybridized carbons (Fsp3) is 0.423. The number of anilines is 2. The Hall–Kier alpha value is -2.99. The van der Waals surface area contributed by atoms with Crippen molar-refractivity contribution in [3.8, 4) is 0 Å². The van der Waals surface area contributed by atoms with Gasteiger partial charge in [0.1, 0.15) is 23.4 Å². The Kier molecular flexibility index (Phi) is 10.5. The summed E-state index contributed by atoms with van der Waals surface area (Å²) in [6.07, 6.45) is -0.438. The number of nitrogens with zero attached hydrogens (tertiary/aromatic N) is 1. The minimum atomic E-state index is -4.82. The molecule has 2 aromatic carbocycles. The first-order valence-electron chi connectivity index (χ1n) is 12.2. The number of benzene rings is 2. The molecule has 0 aromatic heterocycles. The third-order valence-corrected chi connectivity index (χ3v) is 7.71. The van der Waals surface area contributed by atoms with Crippen LogP contribution in [0.2, 0.25) is 5.02 Å². The lowest BCUT2D eigenvalue weighted by Crippen LogP contribution is -2.52. The quantitative estimate of drug-likeness (QED) is 0.400. The van der Waals surface area contributed by atoms with E-state index in [1.54, 1.807) is 0 Å². The van der Waals surface area contributed by atoms with Crippen LogP contribution in [-0.2, 0) is 31.4 Å². The molecule has 3 rings (SSSR count). The smallest absolute Gasteiger partial charge is 0.352 e. The molecule has 39 heavy (non-hydrogen) atoms. The van der Waals surface area contributed by atoms with Crippen LogP contribution in [0.5, 0.6) is 0 Å². The van der Waals surface area contributed by atoms with Crippen LogP contribution in [0.25, 0.3) is 0 Å². The van der Waals surface area contributed by atoms with Crippen LogP contribution in [-0.4, -0.2) is 45.5 Å². The molecular formula is C26H28ClF4N3O4S. The fourth-order valence-electron chi connectivity index (χ4n) is 4.28. The molecule has 0 radical (unpaired) electrons. The standard InChI is InChI=1S/C26H28ClF4N3O4S/c1-16(25(37)33-18-5-3-2-4-6-18)34(20-11-12-22(27)21(13-20)26(29,30)31)24(36)15-39(38)14-23(35)32-19-9-7-17(28)8-10-19/h7-13,16,18H,2-6,14-15H2,1H3,(H,32,35)(H,33,37)/t16-,39-/m0/s1. The molecule has 0 bridgehead atoms. The average molecular weight is 590 g/mol. The second-order valence-electron chi connectivity index (χ2n) is 9.23. The summed E-state index contributed by atoms with van der Waals surface area (Å²) in [5.41, 5.74) is -1.20. The van der Waals surface area contributed by atoms with Crippen molar-refractivity contribution in [3.63, 3.8) is 0 Å². The maximum Gasteiger partial charge on any atom is 0.417 e. The van der Waals surface area contributed by atoms with Gasteiger partial charge < -0.3 is 10.6 Å². The predicted octanol–water partition coefficient (Wildman–Crippen LogP) is 5.06. The van der Waals surface area contributed by atoms with E-state index in [9.17, 15) is 36.2 Å². The minimum absolute atomic E-state index is 0.120. The van der Waals surface area contributed by atoms with Crippen molar-refractivity contribution in [3.05, 3.63) is 58.9 Å². The summed E-state index contributed by atoms with van der Waals surface area (Å²) in [5.74, 6) is -4.05. The number of hydrogen-bond donors (Lipinski definition) is 2. The second-order valence-corrected chi connectivity index (χ2v) is 11.1.